The third-order valence-corrected chi connectivity index (χ3v) is 2.13. The van der Waals surface area contributed by atoms with Crippen LogP contribution >= 0.6 is 0 Å². The minimum Gasteiger partial charge on any atom is -0.352 e. The van der Waals surface area contributed by atoms with Crippen LogP contribution < -0.4 is 11.1 Å². The van der Waals surface area contributed by atoms with Crippen molar-refractivity contribution in [1.82, 2.24) is 10.2 Å². The number of benzene rings is 1. The normalized spacial score (nSPS) is 9.56. The van der Waals surface area contributed by atoms with Gasteiger partial charge in [0.15, 0.2) is 0 Å². The molecule has 0 aliphatic carbocycles. The van der Waals surface area contributed by atoms with E-state index in [2.05, 4.69) is 5.32 Å². The molecule has 1 aromatic carbocycles. The van der Waals surface area contributed by atoms with Gasteiger partial charge < -0.3 is 16.0 Å². The molecule has 0 atom stereocenters. The van der Waals surface area contributed by atoms with Gasteiger partial charge in [-0.25, -0.2) is 4.79 Å². The molecule has 0 aliphatic heterocycles. The maximum Gasteiger partial charge on any atom is 0.313 e. The molecule has 0 aliphatic rings. The zero-order valence-electron chi connectivity index (χ0n) is 9.14. The van der Waals surface area contributed by atoms with Crippen molar-refractivity contribution in [3.8, 4) is 0 Å². The number of hydrogen-bond acceptors (Lipinski definition) is 2. The van der Waals surface area contributed by atoms with Crippen LogP contribution in [0.15, 0.2) is 30.3 Å². The van der Waals surface area contributed by atoms with Crippen molar-refractivity contribution >= 4 is 11.9 Å². The Morgan fingerprint density at radius 3 is 2.44 bits per heavy atom. The molecule has 1 aromatic rings. The molecule has 5 nitrogen and oxygen atoms in total. The SMILES string of the molecule is CCN(CNC(N)=O)C(=O)c1ccccc1. The number of nitrogens with one attached hydrogen (secondary N) is 1. The summed E-state index contributed by atoms with van der Waals surface area (Å²) in [5, 5.41) is 2.39. The second kappa shape index (κ2) is 5.75. The van der Waals surface area contributed by atoms with E-state index in [0.717, 1.165) is 0 Å². The standard InChI is InChI=1S/C11H15N3O2/c1-2-14(8-13-11(12)16)10(15)9-6-4-3-5-7-9/h3-7H,2,8H2,1H3,(H3,12,13,16). The van der Waals surface area contributed by atoms with E-state index in [-0.39, 0.29) is 12.6 Å². The van der Waals surface area contributed by atoms with E-state index in [1.807, 2.05) is 13.0 Å². The maximum absolute atomic E-state index is 11.9. The lowest BCUT2D eigenvalue weighted by Crippen LogP contribution is -2.43. The Hall–Kier alpha value is -2.04. The van der Waals surface area contributed by atoms with Gasteiger partial charge in [0.05, 0.1) is 6.67 Å². The van der Waals surface area contributed by atoms with Gasteiger partial charge in [0.25, 0.3) is 5.91 Å². The number of carbonyl (C=O) groups is 2. The average Bonchev–Trinajstić information content (AvgIpc) is 2.30. The Morgan fingerprint density at radius 2 is 1.94 bits per heavy atom. The van der Waals surface area contributed by atoms with Crippen LogP contribution in [-0.4, -0.2) is 30.1 Å². The largest absolute Gasteiger partial charge is 0.352 e. The van der Waals surface area contributed by atoms with Crippen LogP contribution in [0.5, 0.6) is 0 Å². The summed E-state index contributed by atoms with van der Waals surface area (Å²) in [6, 6.07) is 8.25. The summed E-state index contributed by atoms with van der Waals surface area (Å²) >= 11 is 0. The number of nitrogens with two attached hydrogens (primary N) is 1. The Morgan fingerprint density at radius 1 is 1.31 bits per heavy atom. The van der Waals surface area contributed by atoms with Crippen molar-refractivity contribution in [3.05, 3.63) is 35.9 Å². The molecule has 0 fully saturated rings. The maximum atomic E-state index is 11.9. The zero-order valence-corrected chi connectivity index (χ0v) is 9.14. The Balaban J connectivity index is 2.66. The quantitative estimate of drug-likeness (QED) is 0.737. The molecule has 0 radical (unpaired) electrons. The van der Waals surface area contributed by atoms with Gasteiger partial charge in [0.2, 0.25) is 0 Å². The minimum absolute atomic E-state index is 0.125. The summed E-state index contributed by atoms with van der Waals surface area (Å²) in [4.78, 5) is 24.0. The Labute approximate surface area is 94.2 Å². The highest BCUT2D eigenvalue weighted by Gasteiger charge is 2.13. The van der Waals surface area contributed by atoms with Crippen molar-refractivity contribution in [3.63, 3.8) is 0 Å². The first kappa shape index (κ1) is 12.0. The van der Waals surface area contributed by atoms with E-state index in [4.69, 9.17) is 5.73 Å². The third kappa shape index (κ3) is 3.27. The number of rotatable bonds is 4. The lowest BCUT2D eigenvalue weighted by Gasteiger charge is -2.20. The fourth-order valence-electron chi connectivity index (χ4n) is 1.26. The van der Waals surface area contributed by atoms with Crippen LogP contribution in [0.1, 0.15) is 17.3 Å². The monoisotopic (exact) mass is 221 g/mol. The van der Waals surface area contributed by atoms with Crippen molar-refractivity contribution in [2.45, 2.75) is 6.92 Å². The van der Waals surface area contributed by atoms with Crippen LogP contribution in [0.2, 0.25) is 0 Å². The first-order chi connectivity index (χ1) is 7.65. The Bertz CT molecular complexity index is 365. The van der Waals surface area contributed by atoms with Crippen molar-refractivity contribution in [2.75, 3.05) is 13.2 Å². The van der Waals surface area contributed by atoms with Gasteiger partial charge in [0.1, 0.15) is 0 Å². The van der Waals surface area contributed by atoms with E-state index in [1.165, 1.54) is 4.90 Å². The van der Waals surface area contributed by atoms with E-state index in [9.17, 15) is 9.59 Å². The fraction of sp³-hybridized carbons (Fsp3) is 0.273. The molecule has 0 saturated carbocycles. The van der Waals surface area contributed by atoms with E-state index in [1.54, 1.807) is 24.3 Å². The van der Waals surface area contributed by atoms with Gasteiger partial charge in [0, 0.05) is 12.1 Å². The van der Waals surface area contributed by atoms with Crippen LogP contribution in [0.25, 0.3) is 0 Å². The average molecular weight is 221 g/mol. The highest BCUT2D eigenvalue weighted by molar-refractivity contribution is 5.94. The van der Waals surface area contributed by atoms with Gasteiger partial charge in [-0.1, -0.05) is 18.2 Å². The molecule has 0 heterocycles. The number of primary amides is 1. The third-order valence-electron chi connectivity index (χ3n) is 2.13. The lowest BCUT2D eigenvalue weighted by molar-refractivity contribution is 0.0757. The number of amides is 3. The topological polar surface area (TPSA) is 75.4 Å². The second-order valence-corrected chi connectivity index (χ2v) is 3.23. The molecule has 0 saturated heterocycles. The predicted molar refractivity (Wildman–Crippen MR) is 60.7 cm³/mol. The fourth-order valence-corrected chi connectivity index (χ4v) is 1.26. The van der Waals surface area contributed by atoms with Gasteiger partial charge in [-0.3, -0.25) is 4.79 Å². The summed E-state index contributed by atoms with van der Waals surface area (Å²) in [5.74, 6) is -0.128. The number of urea groups is 1. The lowest BCUT2D eigenvalue weighted by atomic mass is 10.2. The van der Waals surface area contributed by atoms with Gasteiger partial charge in [-0.2, -0.15) is 0 Å². The molecular weight excluding hydrogens is 206 g/mol. The first-order valence-electron chi connectivity index (χ1n) is 5.02. The minimum atomic E-state index is -0.640. The first-order valence-corrected chi connectivity index (χ1v) is 5.02. The van der Waals surface area contributed by atoms with E-state index >= 15 is 0 Å². The number of hydrogen-bond donors (Lipinski definition) is 2. The zero-order chi connectivity index (χ0) is 12.0. The molecule has 0 unspecified atom stereocenters. The summed E-state index contributed by atoms with van der Waals surface area (Å²) < 4.78 is 0. The van der Waals surface area contributed by atoms with E-state index in [0.29, 0.717) is 12.1 Å². The van der Waals surface area contributed by atoms with Crippen molar-refractivity contribution in [1.29, 1.82) is 0 Å². The molecule has 16 heavy (non-hydrogen) atoms. The molecule has 0 aromatic heterocycles. The molecule has 1 rings (SSSR count). The molecular formula is C11H15N3O2. The Kier molecular flexibility index (Phi) is 4.32. The van der Waals surface area contributed by atoms with Crippen molar-refractivity contribution in [2.24, 2.45) is 5.73 Å². The number of carbonyl (C=O) groups excluding carboxylic acids is 2. The van der Waals surface area contributed by atoms with Gasteiger partial charge in [-0.15, -0.1) is 0 Å². The highest BCUT2D eigenvalue weighted by Crippen LogP contribution is 2.03. The molecule has 5 heteroatoms. The second-order valence-electron chi connectivity index (χ2n) is 3.23. The van der Waals surface area contributed by atoms with E-state index < -0.39 is 6.03 Å². The number of nitrogens with zero attached hydrogens (tertiary/aromatic N) is 1. The van der Waals surface area contributed by atoms with Crippen LogP contribution in [0, 0.1) is 0 Å². The molecule has 86 valence electrons. The molecule has 0 bridgehead atoms. The highest BCUT2D eigenvalue weighted by atomic mass is 16.2. The summed E-state index contributed by atoms with van der Waals surface area (Å²) in [6.07, 6.45) is 0. The summed E-state index contributed by atoms with van der Waals surface area (Å²) in [6.45, 7) is 2.47. The molecule has 3 amide bonds. The van der Waals surface area contributed by atoms with Crippen LogP contribution in [0.3, 0.4) is 0 Å². The van der Waals surface area contributed by atoms with Crippen LogP contribution in [-0.2, 0) is 0 Å². The van der Waals surface area contributed by atoms with Gasteiger partial charge >= 0.3 is 6.03 Å². The van der Waals surface area contributed by atoms with Crippen molar-refractivity contribution < 1.29 is 9.59 Å². The summed E-state index contributed by atoms with van der Waals surface area (Å²) in [7, 11) is 0. The predicted octanol–water partition coefficient (Wildman–Crippen LogP) is 0.774. The summed E-state index contributed by atoms with van der Waals surface area (Å²) in [5.41, 5.74) is 5.54. The van der Waals surface area contributed by atoms with Gasteiger partial charge in [-0.05, 0) is 19.1 Å². The van der Waals surface area contributed by atoms with Crippen LogP contribution in [0.4, 0.5) is 4.79 Å². The molecule has 0 spiro atoms. The molecule has 3 N–H and O–H groups in total. The smallest absolute Gasteiger partial charge is 0.313 e.